The van der Waals surface area contributed by atoms with Crippen LogP contribution in [0.5, 0.6) is 0 Å². The van der Waals surface area contributed by atoms with E-state index in [-0.39, 0.29) is 19.6 Å². The van der Waals surface area contributed by atoms with Gasteiger partial charge in [0, 0.05) is 36.5 Å². The van der Waals surface area contributed by atoms with Crippen LogP contribution in [0, 0.1) is 0 Å². The predicted molar refractivity (Wildman–Crippen MR) is 101 cm³/mol. The van der Waals surface area contributed by atoms with Crippen LogP contribution in [-0.2, 0) is 48.4 Å². The van der Waals surface area contributed by atoms with Gasteiger partial charge in [-0.15, -0.1) is 0 Å². The Bertz CT molecular complexity index is 909. The van der Waals surface area contributed by atoms with Crippen molar-refractivity contribution in [2.24, 2.45) is 0 Å². The molecule has 0 saturated heterocycles. The first-order chi connectivity index (χ1) is 14.3. The predicted octanol–water partition coefficient (Wildman–Crippen LogP) is -0.0384. The summed E-state index contributed by atoms with van der Waals surface area (Å²) in [5.74, 6) is -2.69. The Morgan fingerprint density at radius 1 is 0.400 bits per heavy atom. The number of imide groups is 3. The lowest BCUT2D eigenvalue weighted by Crippen LogP contribution is -2.31. The van der Waals surface area contributed by atoms with Crippen molar-refractivity contribution in [1.29, 1.82) is 0 Å². The van der Waals surface area contributed by atoms with Gasteiger partial charge in [0.25, 0.3) is 35.4 Å². The fourth-order valence-corrected chi connectivity index (χ4v) is 3.42. The number of carbonyl (C=O) groups is 6. The third-order valence-electron chi connectivity index (χ3n) is 4.84. The average Bonchev–Trinajstić information content (AvgIpc) is 3.31. The molecule has 0 aromatic heterocycles. The Kier molecular flexibility index (Phi) is 4.71. The van der Waals surface area contributed by atoms with E-state index in [1.165, 1.54) is 36.5 Å². The summed E-state index contributed by atoms with van der Waals surface area (Å²) in [5.41, 5.74) is 1.69. The van der Waals surface area contributed by atoms with Gasteiger partial charge in [-0.25, -0.2) is 0 Å². The lowest BCUT2D eigenvalue weighted by molar-refractivity contribution is -0.138. The van der Waals surface area contributed by atoms with Crippen molar-refractivity contribution in [2.75, 3.05) is 0 Å². The third-order valence-corrected chi connectivity index (χ3v) is 4.84. The van der Waals surface area contributed by atoms with E-state index in [1.54, 1.807) is 18.2 Å². The molecule has 0 saturated carbocycles. The van der Waals surface area contributed by atoms with Gasteiger partial charge in [-0.1, -0.05) is 18.2 Å². The molecule has 9 heteroatoms. The van der Waals surface area contributed by atoms with Crippen LogP contribution in [0.25, 0.3) is 0 Å². The molecule has 0 spiro atoms. The van der Waals surface area contributed by atoms with E-state index in [4.69, 9.17) is 0 Å². The fraction of sp³-hybridized carbons (Fsp3) is 0.143. The van der Waals surface area contributed by atoms with Crippen LogP contribution in [0.3, 0.4) is 0 Å². The van der Waals surface area contributed by atoms with Gasteiger partial charge in [-0.2, -0.15) is 0 Å². The number of nitrogens with zero attached hydrogens (tertiary/aromatic N) is 3. The van der Waals surface area contributed by atoms with Crippen LogP contribution < -0.4 is 0 Å². The normalized spacial score (nSPS) is 18.2. The first-order valence-corrected chi connectivity index (χ1v) is 9.04. The summed E-state index contributed by atoms with van der Waals surface area (Å²) in [7, 11) is 0. The summed E-state index contributed by atoms with van der Waals surface area (Å²) in [4.78, 5) is 74.5. The Balaban J connectivity index is 1.63. The molecular formula is C21H15N3O6. The summed E-state index contributed by atoms with van der Waals surface area (Å²) in [5, 5.41) is 0. The van der Waals surface area contributed by atoms with Gasteiger partial charge >= 0.3 is 0 Å². The van der Waals surface area contributed by atoms with Crippen LogP contribution >= 0.6 is 0 Å². The van der Waals surface area contributed by atoms with Gasteiger partial charge in [-0.05, 0) is 16.7 Å². The van der Waals surface area contributed by atoms with Crippen LogP contribution in [0.15, 0.2) is 54.7 Å². The maximum Gasteiger partial charge on any atom is 0.253 e. The summed E-state index contributed by atoms with van der Waals surface area (Å²) >= 11 is 0. The monoisotopic (exact) mass is 405 g/mol. The number of hydrogen-bond donors (Lipinski definition) is 0. The van der Waals surface area contributed by atoms with Gasteiger partial charge < -0.3 is 0 Å². The Morgan fingerprint density at radius 3 is 0.800 bits per heavy atom. The van der Waals surface area contributed by atoms with Crippen LogP contribution in [0.1, 0.15) is 16.7 Å². The molecule has 0 radical (unpaired) electrons. The molecule has 0 aliphatic carbocycles. The fourth-order valence-electron chi connectivity index (χ4n) is 3.42. The zero-order valence-corrected chi connectivity index (χ0v) is 15.6. The van der Waals surface area contributed by atoms with E-state index in [2.05, 4.69) is 0 Å². The van der Waals surface area contributed by atoms with Crippen LogP contribution in [0.4, 0.5) is 0 Å². The van der Waals surface area contributed by atoms with Gasteiger partial charge in [0.1, 0.15) is 0 Å². The highest BCUT2D eigenvalue weighted by atomic mass is 16.2. The smallest absolute Gasteiger partial charge is 0.253 e. The van der Waals surface area contributed by atoms with Crippen molar-refractivity contribution in [1.82, 2.24) is 14.7 Å². The maximum atomic E-state index is 11.9. The maximum absolute atomic E-state index is 11.9. The number of carbonyl (C=O) groups excluding carboxylic acids is 6. The minimum atomic E-state index is -0.449. The second-order valence-corrected chi connectivity index (χ2v) is 6.95. The number of rotatable bonds is 6. The van der Waals surface area contributed by atoms with Crippen molar-refractivity contribution >= 4 is 35.4 Å². The summed E-state index contributed by atoms with van der Waals surface area (Å²) in [6, 6.07) is 5.02. The molecule has 3 aliphatic heterocycles. The Labute approximate surface area is 170 Å². The standard InChI is InChI=1S/C21H15N3O6/c25-16-1-2-17(26)22(16)10-13-7-14(11-23-18(27)3-4-19(23)28)9-15(8-13)12-24-20(29)5-6-21(24)30/h1-9H,10-12H2. The molecule has 3 heterocycles. The van der Waals surface area contributed by atoms with Gasteiger partial charge in [0.15, 0.2) is 0 Å². The minimum Gasteiger partial charge on any atom is -0.271 e. The average molecular weight is 405 g/mol. The zero-order chi connectivity index (χ0) is 21.4. The Morgan fingerprint density at radius 2 is 0.600 bits per heavy atom. The molecule has 0 unspecified atom stereocenters. The molecule has 0 fully saturated rings. The number of hydrogen-bond acceptors (Lipinski definition) is 6. The van der Waals surface area contributed by atoms with E-state index < -0.39 is 35.4 Å². The van der Waals surface area contributed by atoms with E-state index in [0.29, 0.717) is 16.7 Å². The van der Waals surface area contributed by atoms with E-state index >= 15 is 0 Å². The van der Waals surface area contributed by atoms with Crippen molar-refractivity contribution in [3.8, 4) is 0 Å². The third kappa shape index (κ3) is 3.60. The highest BCUT2D eigenvalue weighted by molar-refractivity contribution is 6.14. The van der Waals surface area contributed by atoms with Gasteiger partial charge in [-0.3, -0.25) is 43.5 Å². The first kappa shape index (κ1) is 19.2. The molecule has 9 nitrogen and oxygen atoms in total. The number of amides is 6. The Hall–Kier alpha value is -4.14. The summed E-state index contributed by atoms with van der Waals surface area (Å²) < 4.78 is 0. The molecule has 4 rings (SSSR count). The lowest BCUT2D eigenvalue weighted by atomic mass is 10.0. The van der Waals surface area contributed by atoms with E-state index in [9.17, 15) is 28.8 Å². The highest BCUT2D eigenvalue weighted by Crippen LogP contribution is 2.20. The molecule has 30 heavy (non-hydrogen) atoms. The molecule has 6 amide bonds. The van der Waals surface area contributed by atoms with E-state index in [1.807, 2.05) is 0 Å². The SMILES string of the molecule is O=C1C=CC(=O)N1Cc1cc(CN2C(=O)C=CC2=O)cc(CN2C(=O)C=CC2=O)c1. The van der Waals surface area contributed by atoms with Crippen molar-refractivity contribution < 1.29 is 28.8 Å². The summed E-state index contributed by atoms with van der Waals surface area (Å²) in [6.45, 7) is -0.0661. The van der Waals surface area contributed by atoms with Crippen molar-refractivity contribution in [3.05, 3.63) is 71.3 Å². The second kappa shape index (κ2) is 7.36. The van der Waals surface area contributed by atoms with Gasteiger partial charge in [0.2, 0.25) is 0 Å². The molecule has 1 aromatic carbocycles. The first-order valence-electron chi connectivity index (χ1n) is 9.04. The lowest BCUT2D eigenvalue weighted by Gasteiger charge is -2.20. The molecule has 0 atom stereocenters. The largest absolute Gasteiger partial charge is 0.271 e. The molecule has 3 aliphatic rings. The molecular weight excluding hydrogens is 390 g/mol. The van der Waals surface area contributed by atoms with Crippen molar-refractivity contribution in [2.45, 2.75) is 19.6 Å². The van der Waals surface area contributed by atoms with E-state index in [0.717, 1.165) is 14.7 Å². The molecule has 0 N–H and O–H groups in total. The second-order valence-electron chi connectivity index (χ2n) is 6.95. The minimum absolute atomic E-state index is 0.0220. The molecule has 150 valence electrons. The number of benzene rings is 1. The molecule has 0 bridgehead atoms. The van der Waals surface area contributed by atoms with Gasteiger partial charge in [0.05, 0.1) is 19.6 Å². The topological polar surface area (TPSA) is 112 Å². The highest BCUT2D eigenvalue weighted by Gasteiger charge is 2.27. The van der Waals surface area contributed by atoms with Crippen molar-refractivity contribution in [3.63, 3.8) is 0 Å². The quantitative estimate of drug-likeness (QED) is 0.614. The van der Waals surface area contributed by atoms with Crippen LogP contribution in [0.2, 0.25) is 0 Å². The summed E-state index contributed by atoms with van der Waals surface area (Å²) in [6.07, 6.45) is 7.05. The van der Waals surface area contributed by atoms with Crippen LogP contribution in [-0.4, -0.2) is 50.1 Å². The molecule has 1 aromatic rings. The zero-order valence-electron chi connectivity index (χ0n) is 15.6.